The second kappa shape index (κ2) is 14.9. The summed E-state index contributed by atoms with van der Waals surface area (Å²) in [4.78, 5) is 69.1. The van der Waals surface area contributed by atoms with E-state index < -0.39 is 48.7 Å². The summed E-state index contributed by atoms with van der Waals surface area (Å²) in [5, 5.41) is 12.4. The number of hydrogen-bond acceptors (Lipinski definition) is 9. The van der Waals surface area contributed by atoms with E-state index in [1.165, 1.54) is 13.0 Å². The average Bonchev–Trinajstić information content (AvgIpc) is 2.88. The molecule has 1 aromatic carbocycles. The SMILES string of the molecule is CCOC(=O)[C@H](C)NC(=O)CNC(=O)CNC(=O)/C(=C/Nc1nc(C)cc(Cl)n1)NC(=O)c1ccccc1. The lowest BCUT2D eigenvalue weighted by Crippen LogP contribution is -2.46. The number of carbonyl (C=O) groups excluding carboxylic acids is 5. The van der Waals surface area contributed by atoms with E-state index in [0.29, 0.717) is 11.3 Å². The van der Waals surface area contributed by atoms with Crippen molar-refractivity contribution in [2.45, 2.75) is 26.8 Å². The van der Waals surface area contributed by atoms with Gasteiger partial charge >= 0.3 is 5.97 Å². The first-order valence-corrected chi connectivity index (χ1v) is 11.8. The fourth-order valence-corrected chi connectivity index (χ4v) is 3.03. The Hall–Kier alpha value is -4.52. The average molecular weight is 546 g/mol. The van der Waals surface area contributed by atoms with Crippen LogP contribution in [0.2, 0.25) is 5.15 Å². The summed E-state index contributed by atoms with van der Waals surface area (Å²) < 4.78 is 4.79. The fourth-order valence-electron chi connectivity index (χ4n) is 2.79. The van der Waals surface area contributed by atoms with Gasteiger partial charge in [0, 0.05) is 17.5 Å². The first kappa shape index (κ1) is 29.7. The minimum absolute atomic E-state index is 0.0788. The molecule has 1 aromatic heterocycles. The Labute approximate surface area is 223 Å². The van der Waals surface area contributed by atoms with Gasteiger partial charge in [-0.3, -0.25) is 19.2 Å². The van der Waals surface area contributed by atoms with Crippen LogP contribution in [-0.4, -0.2) is 65.3 Å². The third-order valence-corrected chi connectivity index (χ3v) is 4.76. The van der Waals surface area contributed by atoms with Crippen LogP contribution >= 0.6 is 11.6 Å². The molecule has 0 bridgehead atoms. The zero-order valence-electron chi connectivity index (χ0n) is 21.0. The maximum atomic E-state index is 12.8. The monoisotopic (exact) mass is 545 g/mol. The molecule has 2 rings (SSSR count). The number of ether oxygens (including phenoxy) is 1. The van der Waals surface area contributed by atoms with E-state index >= 15 is 0 Å². The van der Waals surface area contributed by atoms with Gasteiger partial charge in [0.2, 0.25) is 17.8 Å². The number of halogens is 1. The van der Waals surface area contributed by atoms with Gasteiger partial charge < -0.3 is 31.3 Å². The van der Waals surface area contributed by atoms with Crippen molar-refractivity contribution < 1.29 is 28.7 Å². The summed E-state index contributed by atoms with van der Waals surface area (Å²) in [5.74, 6) is -3.22. The molecular weight excluding hydrogens is 518 g/mol. The van der Waals surface area contributed by atoms with Gasteiger partial charge in [0.1, 0.15) is 16.9 Å². The van der Waals surface area contributed by atoms with Crippen LogP contribution in [0.3, 0.4) is 0 Å². The fraction of sp³-hybridized carbons (Fsp3) is 0.292. The first-order chi connectivity index (χ1) is 18.1. The second-order valence-electron chi connectivity index (χ2n) is 7.68. The number of rotatable bonds is 12. The van der Waals surface area contributed by atoms with Gasteiger partial charge in [-0.25, -0.2) is 14.8 Å². The van der Waals surface area contributed by atoms with Crippen LogP contribution in [0.1, 0.15) is 29.9 Å². The van der Waals surface area contributed by atoms with E-state index in [1.54, 1.807) is 44.2 Å². The van der Waals surface area contributed by atoms with E-state index in [0.717, 1.165) is 6.20 Å². The molecule has 0 spiro atoms. The number of aromatic nitrogens is 2. The molecule has 14 heteroatoms. The minimum atomic E-state index is -0.889. The quantitative estimate of drug-likeness (QED) is 0.143. The Kier molecular flexibility index (Phi) is 11.6. The highest BCUT2D eigenvalue weighted by Crippen LogP contribution is 2.10. The summed E-state index contributed by atoms with van der Waals surface area (Å²) in [6.07, 6.45) is 1.16. The number of nitrogens with one attached hydrogen (secondary N) is 5. The Morgan fingerprint density at radius 2 is 1.71 bits per heavy atom. The van der Waals surface area contributed by atoms with Crippen molar-refractivity contribution in [2.75, 3.05) is 25.0 Å². The standard InChI is InChI=1S/C24H28ClN7O6/c1-4-38-23(37)15(3)30-20(34)13-26-19(33)12-27-22(36)17(31-21(35)16-8-6-5-7-9-16)11-28-24-29-14(2)10-18(25)32-24/h5-11,15H,4,12-13H2,1-3H3,(H,26,33)(H,27,36)(H,30,34)(H,31,35)(H,28,29,32)/b17-11-/t15-/m0/s1. The normalized spacial score (nSPS) is 11.5. The lowest BCUT2D eigenvalue weighted by atomic mass is 10.2. The van der Waals surface area contributed by atoms with Crippen LogP contribution in [0.5, 0.6) is 0 Å². The van der Waals surface area contributed by atoms with Gasteiger partial charge in [-0.1, -0.05) is 29.8 Å². The maximum absolute atomic E-state index is 12.8. The third kappa shape index (κ3) is 10.2. The summed E-state index contributed by atoms with van der Waals surface area (Å²) in [7, 11) is 0. The van der Waals surface area contributed by atoms with E-state index in [2.05, 4.69) is 36.6 Å². The number of anilines is 1. The number of nitrogens with zero attached hydrogens (tertiary/aromatic N) is 2. The van der Waals surface area contributed by atoms with Gasteiger partial charge in [0.15, 0.2) is 0 Å². The van der Waals surface area contributed by atoms with Gasteiger partial charge in [-0.15, -0.1) is 0 Å². The van der Waals surface area contributed by atoms with Crippen molar-refractivity contribution >= 4 is 47.1 Å². The first-order valence-electron chi connectivity index (χ1n) is 11.4. The van der Waals surface area contributed by atoms with Crippen molar-refractivity contribution in [1.29, 1.82) is 0 Å². The molecule has 0 aliphatic carbocycles. The van der Waals surface area contributed by atoms with Gasteiger partial charge in [0.25, 0.3) is 11.8 Å². The lowest BCUT2D eigenvalue weighted by molar-refractivity contribution is -0.146. The maximum Gasteiger partial charge on any atom is 0.328 e. The van der Waals surface area contributed by atoms with Crippen LogP contribution in [0.4, 0.5) is 5.95 Å². The molecule has 0 aliphatic rings. The zero-order valence-corrected chi connectivity index (χ0v) is 21.7. The lowest BCUT2D eigenvalue weighted by Gasteiger charge is -2.13. The number of hydrogen-bond donors (Lipinski definition) is 5. The molecule has 1 atom stereocenters. The van der Waals surface area contributed by atoms with Crippen molar-refractivity contribution in [3.05, 3.63) is 64.7 Å². The second-order valence-corrected chi connectivity index (χ2v) is 8.07. The van der Waals surface area contributed by atoms with Crippen LogP contribution in [0, 0.1) is 6.92 Å². The van der Waals surface area contributed by atoms with Crippen molar-refractivity contribution in [1.82, 2.24) is 31.2 Å². The highest BCUT2D eigenvalue weighted by Gasteiger charge is 2.18. The Morgan fingerprint density at radius 3 is 2.37 bits per heavy atom. The molecule has 38 heavy (non-hydrogen) atoms. The number of benzene rings is 1. The number of amides is 4. The molecule has 2 aromatic rings. The van der Waals surface area contributed by atoms with Gasteiger partial charge in [-0.2, -0.15) is 0 Å². The molecule has 0 aliphatic heterocycles. The molecular formula is C24H28ClN7O6. The molecule has 0 saturated heterocycles. The predicted octanol–water partition coefficient (Wildman–Crippen LogP) is 0.422. The molecule has 5 N–H and O–H groups in total. The molecule has 0 radical (unpaired) electrons. The summed E-state index contributed by atoms with van der Waals surface area (Å²) >= 11 is 5.93. The molecule has 0 saturated carbocycles. The molecule has 0 fully saturated rings. The predicted molar refractivity (Wildman–Crippen MR) is 138 cm³/mol. The topological polar surface area (TPSA) is 181 Å². The van der Waals surface area contributed by atoms with E-state index in [-0.39, 0.29) is 23.4 Å². The molecule has 0 unspecified atom stereocenters. The smallest absolute Gasteiger partial charge is 0.328 e. The summed E-state index contributed by atoms with van der Waals surface area (Å²) in [5.41, 5.74) is 0.619. The van der Waals surface area contributed by atoms with Crippen LogP contribution < -0.4 is 26.6 Å². The van der Waals surface area contributed by atoms with Gasteiger partial charge in [0.05, 0.1) is 19.7 Å². The van der Waals surface area contributed by atoms with Crippen LogP contribution in [0.25, 0.3) is 0 Å². The highest BCUT2D eigenvalue weighted by atomic mass is 35.5. The van der Waals surface area contributed by atoms with Gasteiger partial charge in [-0.05, 0) is 39.0 Å². The number of carbonyl (C=O) groups is 5. The molecule has 1 heterocycles. The number of esters is 1. The largest absolute Gasteiger partial charge is 0.464 e. The molecule has 202 valence electrons. The highest BCUT2D eigenvalue weighted by molar-refractivity contribution is 6.29. The minimum Gasteiger partial charge on any atom is -0.464 e. The Bertz CT molecular complexity index is 1190. The Balaban J connectivity index is 1.99. The van der Waals surface area contributed by atoms with Crippen molar-refractivity contribution in [3.8, 4) is 0 Å². The summed E-state index contributed by atoms with van der Waals surface area (Å²) in [6, 6.07) is 8.82. The van der Waals surface area contributed by atoms with Crippen LogP contribution in [0.15, 0.2) is 48.3 Å². The Morgan fingerprint density at radius 1 is 1.03 bits per heavy atom. The van der Waals surface area contributed by atoms with E-state index in [1.807, 2.05) is 0 Å². The molecule has 4 amide bonds. The van der Waals surface area contributed by atoms with Crippen molar-refractivity contribution in [2.24, 2.45) is 0 Å². The number of aryl methyl sites for hydroxylation is 1. The van der Waals surface area contributed by atoms with Crippen molar-refractivity contribution in [3.63, 3.8) is 0 Å². The third-order valence-electron chi connectivity index (χ3n) is 4.57. The zero-order chi connectivity index (χ0) is 28.1. The summed E-state index contributed by atoms with van der Waals surface area (Å²) in [6.45, 7) is 4.00. The van der Waals surface area contributed by atoms with E-state index in [9.17, 15) is 24.0 Å². The van der Waals surface area contributed by atoms with Crippen LogP contribution in [-0.2, 0) is 23.9 Å². The molecule has 13 nitrogen and oxygen atoms in total. The van der Waals surface area contributed by atoms with E-state index in [4.69, 9.17) is 16.3 Å².